The molecule has 0 aromatic heterocycles. The highest BCUT2D eigenvalue weighted by molar-refractivity contribution is 8.14. The Labute approximate surface area is 95.9 Å². The lowest BCUT2D eigenvalue weighted by Gasteiger charge is -2.13. The highest BCUT2D eigenvalue weighted by atomic mass is 32.2. The van der Waals surface area contributed by atoms with Crippen LogP contribution in [0.5, 0.6) is 0 Å². The van der Waals surface area contributed by atoms with E-state index in [0.29, 0.717) is 11.9 Å². The molecule has 0 saturated heterocycles. The van der Waals surface area contributed by atoms with Crippen LogP contribution >= 0.6 is 11.8 Å². The summed E-state index contributed by atoms with van der Waals surface area (Å²) in [6.07, 6.45) is 4.03. The van der Waals surface area contributed by atoms with Gasteiger partial charge >= 0.3 is 5.97 Å². The zero-order chi connectivity index (χ0) is 11.7. The first-order chi connectivity index (χ1) is 7.06. The van der Waals surface area contributed by atoms with Crippen LogP contribution in [-0.2, 0) is 14.3 Å². The van der Waals surface area contributed by atoms with Gasteiger partial charge in [0, 0.05) is 19.1 Å². The van der Waals surface area contributed by atoms with Gasteiger partial charge in [-0.05, 0) is 12.8 Å². The fourth-order valence-electron chi connectivity index (χ4n) is 1.26. The van der Waals surface area contributed by atoms with Crippen molar-refractivity contribution in [1.82, 2.24) is 0 Å². The van der Waals surface area contributed by atoms with Crippen LogP contribution < -0.4 is 0 Å². The molecule has 0 aromatic carbocycles. The Balaban J connectivity index is 3.78. The summed E-state index contributed by atoms with van der Waals surface area (Å²) in [5.74, 6) is -0.253. The van der Waals surface area contributed by atoms with Crippen molar-refractivity contribution in [1.29, 1.82) is 0 Å². The lowest BCUT2D eigenvalue weighted by atomic mass is 10.1. The molecule has 3 nitrogen and oxygen atoms in total. The topological polar surface area (TPSA) is 43.4 Å². The number of hydrogen-bond acceptors (Lipinski definition) is 4. The number of esters is 1. The molecule has 0 aliphatic heterocycles. The summed E-state index contributed by atoms with van der Waals surface area (Å²) in [4.78, 5) is 21.5. The lowest BCUT2D eigenvalue weighted by molar-refractivity contribution is -0.141. The SMILES string of the molecule is CCCCC(CCOC(C)=O)SC(C)=O. The summed E-state index contributed by atoms with van der Waals surface area (Å²) in [6, 6.07) is 0. The van der Waals surface area contributed by atoms with Gasteiger partial charge in [0.2, 0.25) is 0 Å². The molecule has 0 heterocycles. The second-order valence-corrected chi connectivity index (χ2v) is 4.98. The van der Waals surface area contributed by atoms with E-state index in [0.717, 1.165) is 25.7 Å². The zero-order valence-electron chi connectivity index (χ0n) is 9.75. The standard InChI is InChI=1S/C11H20O3S/c1-4-5-6-11(15-10(3)13)7-8-14-9(2)12/h11H,4-8H2,1-3H3. The number of rotatable bonds is 7. The van der Waals surface area contributed by atoms with Gasteiger partial charge in [-0.2, -0.15) is 0 Å². The van der Waals surface area contributed by atoms with E-state index in [1.54, 1.807) is 6.92 Å². The van der Waals surface area contributed by atoms with Crippen molar-refractivity contribution in [2.75, 3.05) is 6.61 Å². The third kappa shape index (κ3) is 9.79. The predicted molar refractivity (Wildman–Crippen MR) is 62.8 cm³/mol. The average molecular weight is 232 g/mol. The summed E-state index contributed by atoms with van der Waals surface area (Å²) in [5.41, 5.74) is 0. The third-order valence-electron chi connectivity index (χ3n) is 1.96. The minimum Gasteiger partial charge on any atom is -0.466 e. The molecule has 0 saturated carbocycles. The molecule has 0 fully saturated rings. The summed E-state index contributed by atoms with van der Waals surface area (Å²) in [6.45, 7) is 5.53. The number of carbonyl (C=O) groups is 2. The van der Waals surface area contributed by atoms with Gasteiger partial charge in [-0.15, -0.1) is 0 Å². The van der Waals surface area contributed by atoms with Crippen molar-refractivity contribution in [2.24, 2.45) is 0 Å². The molecule has 4 heteroatoms. The highest BCUT2D eigenvalue weighted by Crippen LogP contribution is 2.21. The van der Waals surface area contributed by atoms with Gasteiger partial charge in [-0.3, -0.25) is 9.59 Å². The summed E-state index contributed by atoms with van der Waals surface area (Å²) in [5, 5.41) is 0.431. The van der Waals surface area contributed by atoms with Gasteiger partial charge in [0.1, 0.15) is 0 Å². The van der Waals surface area contributed by atoms with Crippen LogP contribution in [0, 0.1) is 0 Å². The molecule has 0 amide bonds. The Hall–Kier alpha value is -0.510. The number of hydrogen-bond donors (Lipinski definition) is 0. The predicted octanol–water partition coefficient (Wildman–Crippen LogP) is 2.78. The maximum atomic E-state index is 11.0. The molecule has 1 atom stereocenters. The van der Waals surface area contributed by atoms with Gasteiger partial charge in [-0.25, -0.2) is 0 Å². The number of unbranched alkanes of at least 4 members (excludes halogenated alkanes) is 1. The van der Waals surface area contributed by atoms with E-state index in [2.05, 4.69) is 6.92 Å². The van der Waals surface area contributed by atoms with Crippen molar-refractivity contribution in [3.8, 4) is 0 Å². The van der Waals surface area contributed by atoms with Gasteiger partial charge in [0.25, 0.3) is 0 Å². The molecule has 0 radical (unpaired) electrons. The minimum atomic E-state index is -0.253. The van der Waals surface area contributed by atoms with E-state index >= 15 is 0 Å². The van der Waals surface area contributed by atoms with Crippen molar-refractivity contribution in [2.45, 2.75) is 51.7 Å². The maximum absolute atomic E-state index is 11.0. The first-order valence-corrected chi connectivity index (χ1v) is 6.24. The molecule has 0 aromatic rings. The van der Waals surface area contributed by atoms with Crippen molar-refractivity contribution in [3.05, 3.63) is 0 Å². The van der Waals surface area contributed by atoms with E-state index in [9.17, 15) is 9.59 Å². The van der Waals surface area contributed by atoms with Gasteiger partial charge in [0.15, 0.2) is 5.12 Å². The van der Waals surface area contributed by atoms with E-state index in [4.69, 9.17) is 4.74 Å². The molecular formula is C11H20O3S. The first kappa shape index (κ1) is 14.5. The highest BCUT2D eigenvalue weighted by Gasteiger charge is 2.12. The van der Waals surface area contributed by atoms with Crippen molar-refractivity contribution < 1.29 is 14.3 Å². The zero-order valence-corrected chi connectivity index (χ0v) is 10.6. The number of thioether (sulfide) groups is 1. The van der Waals surface area contributed by atoms with Crippen LogP contribution in [0.2, 0.25) is 0 Å². The Bertz CT molecular complexity index is 204. The van der Waals surface area contributed by atoms with Crippen LogP contribution in [0.3, 0.4) is 0 Å². The lowest BCUT2D eigenvalue weighted by Crippen LogP contribution is -2.11. The fraction of sp³-hybridized carbons (Fsp3) is 0.818. The molecule has 0 aliphatic rings. The number of carbonyl (C=O) groups excluding carboxylic acids is 2. The average Bonchev–Trinajstić information content (AvgIpc) is 2.12. The van der Waals surface area contributed by atoms with Crippen molar-refractivity contribution >= 4 is 22.8 Å². The molecule has 15 heavy (non-hydrogen) atoms. The molecule has 1 unspecified atom stereocenters. The van der Waals surface area contributed by atoms with E-state index in [-0.39, 0.29) is 11.1 Å². The quantitative estimate of drug-likeness (QED) is 0.633. The molecule has 0 rings (SSSR count). The smallest absolute Gasteiger partial charge is 0.302 e. The molecule has 0 N–H and O–H groups in total. The Kier molecular flexibility index (Phi) is 8.47. The maximum Gasteiger partial charge on any atom is 0.302 e. The van der Waals surface area contributed by atoms with Crippen LogP contribution in [0.4, 0.5) is 0 Å². The molecule has 0 aliphatic carbocycles. The molecular weight excluding hydrogens is 212 g/mol. The second-order valence-electron chi connectivity index (χ2n) is 3.50. The third-order valence-corrected chi connectivity index (χ3v) is 3.09. The van der Waals surface area contributed by atoms with Crippen LogP contribution in [0.1, 0.15) is 46.5 Å². The fourth-order valence-corrected chi connectivity index (χ4v) is 2.23. The van der Waals surface area contributed by atoms with Crippen LogP contribution in [0.15, 0.2) is 0 Å². The van der Waals surface area contributed by atoms with Gasteiger partial charge in [-0.1, -0.05) is 31.5 Å². The number of ether oxygens (including phenoxy) is 1. The largest absolute Gasteiger partial charge is 0.466 e. The van der Waals surface area contributed by atoms with E-state index in [1.807, 2.05) is 0 Å². The molecule has 88 valence electrons. The van der Waals surface area contributed by atoms with E-state index < -0.39 is 0 Å². The monoisotopic (exact) mass is 232 g/mol. The van der Waals surface area contributed by atoms with E-state index in [1.165, 1.54) is 18.7 Å². The molecule has 0 bridgehead atoms. The normalized spacial score (nSPS) is 12.2. The van der Waals surface area contributed by atoms with Crippen LogP contribution in [0.25, 0.3) is 0 Å². The minimum absolute atomic E-state index is 0.138. The summed E-state index contributed by atoms with van der Waals surface area (Å²) >= 11 is 1.36. The summed E-state index contributed by atoms with van der Waals surface area (Å²) < 4.78 is 4.87. The Morgan fingerprint density at radius 3 is 2.40 bits per heavy atom. The summed E-state index contributed by atoms with van der Waals surface area (Å²) in [7, 11) is 0. The van der Waals surface area contributed by atoms with Gasteiger partial charge in [0.05, 0.1) is 6.61 Å². The second kappa shape index (κ2) is 8.77. The Morgan fingerprint density at radius 2 is 1.93 bits per heavy atom. The van der Waals surface area contributed by atoms with Gasteiger partial charge < -0.3 is 4.74 Å². The first-order valence-electron chi connectivity index (χ1n) is 5.36. The van der Waals surface area contributed by atoms with Crippen LogP contribution in [-0.4, -0.2) is 22.9 Å². The van der Waals surface area contributed by atoms with Crippen molar-refractivity contribution in [3.63, 3.8) is 0 Å². The Morgan fingerprint density at radius 1 is 1.27 bits per heavy atom. The molecule has 0 spiro atoms.